The molecule has 0 amide bonds. The van der Waals surface area contributed by atoms with Crippen molar-refractivity contribution < 1.29 is 4.74 Å². The highest BCUT2D eigenvalue weighted by Crippen LogP contribution is 2.44. The van der Waals surface area contributed by atoms with Crippen LogP contribution in [0.5, 0.6) is 5.75 Å². The Labute approximate surface area is 143 Å². The predicted octanol–water partition coefficient (Wildman–Crippen LogP) is 2.97. The number of halogens is 1. The minimum absolute atomic E-state index is 0. The second-order valence-corrected chi connectivity index (χ2v) is 5.74. The van der Waals surface area contributed by atoms with E-state index >= 15 is 0 Å². The molecule has 2 aliphatic carbocycles. The maximum Gasteiger partial charge on any atom is 0.191 e. The van der Waals surface area contributed by atoms with Crippen molar-refractivity contribution in [3.05, 3.63) is 29.8 Å². The van der Waals surface area contributed by atoms with Gasteiger partial charge in [-0.3, -0.25) is 0 Å². The summed E-state index contributed by atoms with van der Waals surface area (Å²) >= 11 is 0. The largest absolute Gasteiger partial charge is 0.494 e. The van der Waals surface area contributed by atoms with E-state index in [1.165, 1.54) is 18.4 Å². The Bertz CT molecular complexity index is 499. The highest BCUT2D eigenvalue weighted by Gasteiger charge is 2.39. The van der Waals surface area contributed by atoms with E-state index in [2.05, 4.69) is 22.0 Å². The van der Waals surface area contributed by atoms with Crippen LogP contribution in [0, 0.1) is 0 Å². The van der Waals surface area contributed by atoms with Crippen molar-refractivity contribution in [3.8, 4) is 5.75 Å². The number of hydrogen-bond donors (Lipinski definition) is 1. The molecule has 116 valence electrons. The third kappa shape index (κ3) is 4.02. The molecule has 2 N–H and O–H groups in total. The van der Waals surface area contributed by atoms with E-state index in [1.54, 1.807) is 0 Å². The average Bonchev–Trinajstić information content (AvgIpc) is 3.34. The number of rotatable bonds is 5. The number of aliphatic imine (C=N–C) groups is 1. The van der Waals surface area contributed by atoms with Crippen molar-refractivity contribution in [1.29, 1.82) is 0 Å². The van der Waals surface area contributed by atoms with Crippen molar-refractivity contribution in [2.75, 3.05) is 13.7 Å². The summed E-state index contributed by atoms with van der Waals surface area (Å²) in [6.07, 6.45) is 3.60. The Kier molecular flexibility index (Phi) is 5.35. The molecule has 0 spiro atoms. The van der Waals surface area contributed by atoms with Crippen molar-refractivity contribution in [3.63, 3.8) is 0 Å². The lowest BCUT2D eigenvalue weighted by molar-refractivity contribution is 0.340. The summed E-state index contributed by atoms with van der Waals surface area (Å²) < 4.78 is 5.46. The van der Waals surface area contributed by atoms with E-state index in [1.807, 2.05) is 26.1 Å². The van der Waals surface area contributed by atoms with Gasteiger partial charge in [-0.05, 0) is 43.9 Å². The molecule has 3 rings (SSSR count). The molecular formula is C16H24IN3O. The number of benzene rings is 1. The SMILES string of the molecule is CCOc1ccc([C@@H]2C[C@H]2N=C(N)N(C)C2CC2)cc1.I. The molecule has 2 atom stereocenters. The zero-order valence-corrected chi connectivity index (χ0v) is 15.0. The predicted molar refractivity (Wildman–Crippen MR) is 96.6 cm³/mol. The van der Waals surface area contributed by atoms with Crippen molar-refractivity contribution >= 4 is 29.9 Å². The van der Waals surface area contributed by atoms with E-state index in [4.69, 9.17) is 10.5 Å². The van der Waals surface area contributed by atoms with Crippen molar-refractivity contribution in [2.24, 2.45) is 10.7 Å². The Balaban J connectivity index is 0.00000161. The van der Waals surface area contributed by atoms with Crippen LogP contribution in [0.3, 0.4) is 0 Å². The summed E-state index contributed by atoms with van der Waals surface area (Å²) in [6, 6.07) is 9.35. The minimum atomic E-state index is 0. The lowest BCUT2D eigenvalue weighted by Gasteiger charge is -2.16. The average molecular weight is 401 g/mol. The maximum atomic E-state index is 6.06. The van der Waals surface area contributed by atoms with Crippen LogP contribution < -0.4 is 10.5 Å². The minimum Gasteiger partial charge on any atom is -0.494 e. The molecule has 0 saturated heterocycles. The summed E-state index contributed by atoms with van der Waals surface area (Å²) in [4.78, 5) is 6.77. The second-order valence-electron chi connectivity index (χ2n) is 5.74. The molecule has 1 aromatic rings. The van der Waals surface area contributed by atoms with Gasteiger partial charge in [0.1, 0.15) is 5.75 Å². The third-order valence-corrected chi connectivity index (χ3v) is 4.13. The van der Waals surface area contributed by atoms with Crippen LogP contribution in [-0.4, -0.2) is 36.6 Å². The first-order valence-corrected chi connectivity index (χ1v) is 7.48. The molecule has 0 aliphatic heterocycles. The number of hydrogen-bond acceptors (Lipinski definition) is 2. The van der Waals surface area contributed by atoms with Crippen molar-refractivity contribution in [1.82, 2.24) is 4.90 Å². The molecular weight excluding hydrogens is 377 g/mol. The lowest BCUT2D eigenvalue weighted by atomic mass is 10.1. The molecule has 0 aromatic heterocycles. The Hall–Kier alpha value is -0.980. The normalized spacial score (nSPS) is 24.2. The van der Waals surface area contributed by atoms with E-state index in [0.29, 0.717) is 30.6 Å². The smallest absolute Gasteiger partial charge is 0.191 e. The van der Waals surface area contributed by atoms with Gasteiger partial charge in [0.2, 0.25) is 0 Å². The van der Waals surface area contributed by atoms with Crippen LogP contribution in [0.15, 0.2) is 29.3 Å². The van der Waals surface area contributed by atoms with E-state index in [-0.39, 0.29) is 24.0 Å². The zero-order valence-electron chi connectivity index (χ0n) is 12.7. The van der Waals surface area contributed by atoms with Gasteiger partial charge in [-0.25, -0.2) is 4.99 Å². The first kappa shape index (κ1) is 16.4. The molecule has 1 aromatic carbocycles. The molecule has 0 bridgehead atoms. The summed E-state index contributed by atoms with van der Waals surface area (Å²) in [7, 11) is 2.05. The zero-order chi connectivity index (χ0) is 14.1. The van der Waals surface area contributed by atoms with Gasteiger partial charge in [-0.15, -0.1) is 24.0 Å². The Morgan fingerprint density at radius 1 is 1.33 bits per heavy atom. The van der Waals surface area contributed by atoms with Gasteiger partial charge in [-0.2, -0.15) is 0 Å². The van der Waals surface area contributed by atoms with Crippen LogP contribution in [0.1, 0.15) is 37.7 Å². The fraction of sp³-hybridized carbons (Fsp3) is 0.562. The first-order valence-electron chi connectivity index (χ1n) is 7.48. The van der Waals surface area contributed by atoms with Crippen LogP contribution in [-0.2, 0) is 0 Å². The first-order chi connectivity index (χ1) is 9.69. The summed E-state index contributed by atoms with van der Waals surface area (Å²) in [5.41, 5.74) is 7.40. The van der Waals surface area contributed by atoms with Crippen LogP contribution in [0.4, 0.5) is 0 Å². The molecule has 4 nitrogen and oxygen atoms in total. The van der Waals surface area contributed by atoms with Gasteiger partial charge in [0, 0.05) is 19.0 Å². The van der Waals surface area contributed by atoms with Gasteiger partial charge in [0.15, 0.2) is 5.96 Å². The summed E-state index contributed by atoms with van der Waals surface area (Å²) in [5.74, 6) is 2.16. The van der Waals surface area contributed by atoms with E-state index in [9.17, 15) is 0 Å². The number of nitrogens with two attached hydrogens (primary N) is 1. The van der Waals surface area contributed by atoms with Crippen molar-refractivity contribution in [2.45, 2.75) is 44.2 Å². The Morgan fingerprint density at radius 2 is 2.00 bits per heavy atom. The molecule has 0 heterocycles. The molecule has 2 saturated carbocycles. The molecule has 2 fully saturated rings. The highest BCUT2D eigenvalue weighted by atomic mass is 127. The monoisotopic (exact) mass is 401 g/mol. The molecule has 0 radical (unpaired) electrons. The topological polar surface area (TPSA) is 50.9 Å². The number of ether oxygens (including phenoxy) is 1. The van der Waals surface area contributed by atoms with Crippen LogP contribution in [0.2, 0.25) is 0 Å². The molecule has 5 heteroatoms. The maximum absolute atomic E-state index is 6.06. The lowest BCUT2D eigenvalue weighted by Crippen LogP contribution is -2.36. The van der Waals surface area contributed by atoms with E-state index in [0.717, 1.165) is 12.2 Å². The number of nitrogens with zero attached hydrogens (tertiary/aromatic N) is 2. The van der Waals surface area contributed by atoms with E-state index < -0.39 is 0 Å². The molecule has 0 unspecified atom stereocenters. The number of guanidine groups is 1. The van der Waals surface area contributed by atoms with Gasteiger partial charge < -0.3 is 15.4 Å². The quantitative estimate of drug-likeness (QED) is 0.469. The van der Waals surface area contributed by atoms with Gasteiger partial charge in [0.05, 0.1) is 12.6 Å². The summed E-state index contributed by atoms with van der Waals surface area (Å²) in [6.45, 7) is 2.71. The molecule has 2 aliphatic rings. The van der Waals surface area contributed by atoms with Crippen LogP contribution in [0.25, 0.3) is 0 Å². The Morgan fingerprint density at radius 3 is 2.57 bits per heavy atom. The third-order valence-electron chi connectivity index (χ3n) is 4.13. The standard InChI is InChI=1S/C16H23N3O.HI/c1-3-20-13-8-4-11(5-9-13)14-10-15(14)18-16(17)19(2)12-6-7-12;/h4-5,8-9,12,14-15H,3,6-7,10H2,1-2H3,(H2,17,18);1H/t14-,15+;/m0./s1. The fourth-order valence-electron chi connectivity index (χ4n) is 2.57. The van der Waals surface area contributed by atoms with Gasteiger partial charge >= 0.3 is 0 Å². The van der Waals surface area contributed by atoms with Gasteiger partial charge in [0.25, 0.3) is 0 Å². The second kappa shape index (κ2) is 6.85. The fourth-order valence-corrected chi connectivity index (χ4v) is 2.57. The highest BCUT2D eigenvalue weighted by molar-refractivity contribution is 14.0. The molecule has 21 heavy (non-hydrogen) atoms. The van der Waals surface area contributed by atoms with Gasteiger partial charge in [-0.1, -0.05) is 12.1 Å². The summed E-state index contributed by atoms with van der Waals surface area (Å²) in [5, 5.41) is 0. The van der Waals surface area contributed by atoms with Crippen LogP contribution >= 0.6 is 24.0 Å².